The van der Waals surface area contributed by atoms with Crippen LogP contribution in [0.3, 0.4) is 0 Å². The third-order valence-electron chi connectivity index (χ3n) is 9.55. The molecule has 0 radical (unpaired) electrons. The number of anilines is 5. The molecule has 20 heteroatoms. The highest BCUT2D eigenvalue weighted by atomic mass is 127. The number of carbonyl (C=O) groups is 1. The SMILES string of the molecule is C1CCOC1.C=C(C)CNc1cc(Br)ncc1I.CC(C)(C)OC(=O)N1CC(C)(C)c2cnc(Br)cc21.CC1(C)CNc2cc(Br)ncc21.Cc1cnc(Br)cc1N.Nc1cc(Br)ncc1I. The normalized spacial score (nSPS) is 14.5. The Hall–Kier alpha value is -2.22. The van der Waals surface area contributed by atoms with Crippen LogP contribution in [-0.4, -0.2) is 69.5 Å². The molecule has 1 amide bonds. The summed E-state index contributed by atoms with van der Waals surface area (Å²) in [6.07, 6.45) is 11.3. The molecule has 1 fully saturated rings. The van der Waals surface area contributed by atoms with Gasteiger partial charge in [0.05, 0.1) is 18.5 Å². The van der Waals surface area contributed by atoms with Gasteiger partial charge in [-0.2, -0.15) is 0 Å². The number of nitrogens with two attached hydrogens (primary N) is 2. The van der Waals surface area contributed by atoms with Crippen LogP contribution in [0.25, 0.3) is 0 Å². The zero-order valence-electron chi connectivity index (χ0n) is 39.1. The Morgan fingerprint density at radius 2 is 1.30 bits per heavy atom. The van der Waals surface area contributed by atoms with Crippen LogP contribution in [-0.2, 0) is 20.3 Å². The first kappa shape index (κ1) is 59.1. The van der Waals surface area contributed by atoms with E-state index in [4.69, 9.17) is 20.9 Å². The zero-order valence-corrected chi connectivity index (χ0v) is 51.4. The summed E-state index contributed by atoms with van der Waals surface area (Å²) in [7, 11) is 0. The molecule has 6 N–H and O–H groups in total. The van der Waals surface area contributed by atoms with Crippen LogP contribution in [0.15, 0.2) is 96.5 Å². The van der Waals surface area contributed by atoms with Gasteiger partial charge in [-0.3, -0.25) is 4.90 Å². The Morgan fingerprint density at radius 1 is 0.791 bits per heavy atom. The molecule has 5 aromatic heterocycles. The van der Waals surface area contributed by atoms with Crippen LogP contribution in [0.5, 0.6) is 0 Å². The van der Waals surface area contributed by atoms with Crippen LogP contribution < -0.4 is 27.0 Å². The molecule has 5 aromatic rings. The smallest absolute Gasteiger partial charge is 0.414 e. The number of ether oxygens (including phenoxy) is 2. The minimum atomic E-state index is -0.492. The average Bonchev–Trinajstić information content (AvgIpc) is 3.98. The Balaban J connectivity index is 0.000000222. The topological polar surface area (TPSA) is 179 Å². The molecule has 0 spiro atoms. The van der Waals surface area contributed by atoms with E-state index >= 15 is 0 Å². The molecule has 0 bridgehead atoms. The summed E-state index contributed by atoms with van der Waals surface area (Å²) in [5, 5.41) is 6.64. The fraction of sp³-hybridized carbons (Fsp3) is 0.404. The molecule has 8 heterocycles. The van der Waals surface area contributed by atoms with Crippen molar-refractivity contribution in [1.29, 1.82) is 0 Å². The maximum atomic E-state index is 12.3. The minimum Gasteiger partial charge on any atom is -0.443 e. The number of fused-ring (bicyclic) bond motifs is 2. The number of hydrogen-bond donors (Lipinski definition) is 4. The number of carbonyl (C=O) groups excluding carboxylic acids is 1. The molecule has 0 saturated carbocycles. The zero-order chi connectivity index (χ0) is 50.3. The van der Waals surface area contributed by atoms with E-state index < -0.39 is 5.60 Å². The molecule has 8 rings (SSSR count). The Labute approximate surface area is 465 Å². The summed E-state index contributed by atoms with van der Waals surface area (Å²) in [5.74, 6) is 0. The summed E-state index contributed by atoms with van der Waals surface area (Å²) in [6.45, 7) is 26.4. The largest absolute Gasteiger partial charge is 0.443 e. The molecule has 0 aliphatic carbocycles. The molecule has 3 aliphatic rings. The van der Waals surface area contributed by atoms with Gasteiger partial charge in [0, 0.05) is 103 Å². The van der Waals surface area contributed by atoms with Gasteiger partial charge >= 0.3 is 6.09 Å². The molecular formula is C47H59Br5I2N10O3. The van der Waals surface area contributed by atoms with Crippen LogP contribution in [0.1, 0.15) is 84.9 Å². The van der Waals surface area contributed by atoms with E-state index in [0.29, 0.717) is 6.54 Å². The fourth-order valence-corrected chi connectivity index (χ4v) is 8.44. The van der Waals surface area contributed by atoms with Crippen molar-refractivity contribution < 1.29 is 14.3 Å². The predicted octanol–water partition coefficient (Wildman–Crippen LogP) is 14.4. The van der Waals surface area contributed by atoms with Gasteiger partial charge in [-0.15, -0.1) is 0 Å². The molecule has 0 aromatic carbocycles. The first-order chi connectivity index (χ1) is 31.2. The van der Waals surface area contributed by atoms with Crippen molar-refractivity contribution in [2.24, 2.45) is 0 Å². The highest BCUT2D eigenvalue weighted by molar-refractivity contribution is 14.1. The standard InChI is InChI=1S/C14H19BrN2O2.C9H10BrIN2.C9H11BrN2.C6H7BrN2.C5H4BrIN2.C4H8O/c1-13(2,3)19-12(18)17-8-14(4,5)9-7-16-11(15)6-10(9)17;1-6(2)4-12-8-3-9(10)13-5-7(8)11;1-9(2)5-12-7-3-8(10)11-4-6(7)9;1-4-3-9-6(7)2-5(4)8;6-5-1-4(8)3(7)2-9-5;1-2-4-5-3-1/h6-7H,8H2,1-5H3;3,5H,1,4H2,2H3,(H,12,13);3-4,12H,5H2,1-2H3;2-3H,1H3,(H2,8,9);1-2H,(H2,8,9);1-4H2. The monoisotopic (exact) mass is 1460 g/mol. The lowest BCUT2D eigenvalue weighted by Crippen LogP contribution is -2.38. The maximum absolute atomic E-state index is 12.3. The number of pyridine rings is 5. The Kier molecular flexibility index (Phi) is 24.2. The highest BCUT2D eigenvalue weighted by Crippen LogP contribution is 2.41. The molecule has 364 valence electrons. The van der Waals surface area contributed by atoms with E-state index in [2.05, 4.69) is 195 Å². The van der Waals surface area contributed by atoms with Gasteiger partial charge in [0.2, 0.25) is 0 Å². The van der Waals surface area contributed by atoms with E-state index in [1.54, 1.807) is 29.4 Å². The van der Waals surface area contributed by atoms with Crippen molar-refractivity contribution in [3.05, 3.63) is 120 Å². The van der Waals surface area contributed by atoms with E-state index in [9.17, 15) is 4.79 Å². The molecule has 0 atom stereocenters. The number of nitrogens with one attached hydrogen (secondary N) is 2. The number of aryl methyl sites for hydroxylation is 1. The number of aromatic nitrogens is 5. The third-order valence-corrected chi connectivity index (χ3v) is 13.5. The van der Waals surface area contributed by atoms with Crippen molar-refractivity contribution in [3.8, 4) is 0 Å². The second-order valence-electron chi connectivity index (χ2n) is 17.8. The first-order valence-corrected chi connectivity index (χ1v) is 27.1. The second kappa shape index (κ2) is 27.4. The molecule has 67 heavy (non-hydrogen) atoms. The number of halogens is 7. The number of hydrogen-bond acceptors (Lipinski definition) is 12. The first-order valence-electron chi connectivity index (χ1n) is 21.0. The van der Waals surface area contributed by atoms with Crippen LogP contribution >= 0.6 is 125 Å². The lowest BCUT2D eigenvalue weighted by atomic mass is 9.88. The van der Waals surface area contributed by atoms with E-state index in [-0.39, 0.29) is 16.9 Å². The summed E-state index contributed by atoms with van der Waals surface area (Å²) in [4.78, 5) is 34.5. The van der Waals surface area contributed by atoms with Gasteiger partial charge in [0.25, 0.3) is 0 Å². The lowest BCUT2D eigenvalue weighted by molar-refractivity contribution is 0.0579. The molecular weight excluding hydrogens is 1410 g/mol. The number of amides is 1. The van der Waals surface area contributed by atoms with Gasteiger partial charge in [-0.05, 0) is 208 Å². The van der Waals surface area contributed by atoms with Gasteiger partial charge in [0.15, 0.2) is 0 Å². The van der Waals surface area contributed by atoms with Crippen molar-refractivity contribution in [1.82, 2.24) is 24.9 Å². The van der Waals surface area contributed by atoms with Crippen molar-refractivity contribution >= 4 is 159 Å². The molecule has 13 nitrogen and oxygen atoms in total. The molecule has 0 unspecified atom stereocenters. The second-order valence-corrected chi connectivity index (χ2v) is 24.2. The van der Waals surface area contributed by atoms with E-state index in [1.165, 1.54) is 24.1 Å². The molecule has 3 aliphatic heterocycles. The summed E-state index contributed by atoms with van der Waals surface area (Å²) in [5.41, 5.74) is 19.9. The number of nitrogen functional groups attached to an aromatic ring is 2. The Morgan fingerprint density at radius 3 is 1.81 bits per heavy atom. The van der Waals surface area contributed by atoms with Crippen molar-refractivity contribution in [2.75, 3.05) is 59.8 Å². The number of nitrogens with zero attached hydrogens (tertiary/aromatic N) is 6. The van der Waals surface area contributed by atoms with Gasteiger partial charge in [0.1, 0.15) is 28.6 Å². The van der Waals surface area contributed by atoms with Crippen LogP contribution in [0, 0.1) is 14.1 Å². The average molecular weight is 1470 g/mol. The Bertz CT molecular complexity index is 2400. The summed E-state index contributed by atoms with van der Waals surface area (Å²) in [6, 6.07) is 9.43. The van der Waals surface area contributed by atoms with Crippen molar-refractivity contribution in [3.63, 3.8) is 0 Å². The van der Waals surface area contributed by atoms with Crippen molar-refractivity contribution in [2.45, 2.75) is 91.6 Å². The van der Waals surface area contributed by atoms with Gasteiger partial charge < -0.3 is 31.6 Å². The summed E-state index contributed by atoms with van der Waals surface area (Å²) < 4.78 is 16.5. The minimum absolute atomic E-state index is 0.111. The van der Waals surface area contributed by atoms with Gasteiger partial charge in [-0.1, -0.05) is 39.8 Å². The molecule has 1 saturated heterocycles. The lowest BCUT2D eigenvalue weighted by Gasteiger charge is -2.25. The predicted molar refractivity (Wildman–Crippen MR) is 310 cm³/mol. The third kappa shape index (κ3) is 20.6. The van der Waals surface area contributed by atoms with Crippen LogP contribution in [0.2, 0.25) is 0 Å². The summed E-state index contributed by atoms with van der Waals surface area (Å²) >= 11 is 20.8. The van der Waals surface area contributed by atoms with E-state index in [1.807, 2.05) is 71.4 Å². The van der Waals surface area contributed by atoms with E-state index in [0.717, 1.165) is 95.9 Å². The van der Waals surface area contributed by atoms with Gasteiger partial charge in [-0.25, -0.2) is 29.7 Å². The number of rotatable bonds is 3. The highest BCUT2D eigenvalue weighted by Gasteiger charge is 2.40. The fourth-order valence-electron chi connectivity index (χ4n) is 5.98. The maximum Gasteiger partial charge on any atom is 0.414 e. The van der Waals surface area contributed by atoms with Crippen LogP contribution in [0.4, 0.5) is 33.2 Å². The quantitative estimate of drug-likeness (QED) is 0.0764.